The predicted octanol–water partition coefficient (Wildman–Crippen LogP) is 1.89. The number of fused-ring (bicyclic) bond motifs is 1. The number of nitrogens with zero attached hydrogens (tertiary/aromatic N) is 2. The third-order valence-electron chi connectivity index (χ3n) is 5.33. The summed E-state index contributed by atoms with van der Waals surface area (Å²) in [5, 5.41) is 2.75. The Morgan fingerprint density at radius 2 is 1.71 bits per heavy atom. The standard InChI is InChI=1S/C20H21N3O4S/c1-14-17-13-16(7-8-18(17)21-19(14)24)28(26,27)23-11-9-22(10-12-23)20(25)15-5-3-2-4-6-15/h2-8,13-14H,9-12H2,1H3,(H,21,24)/t14-/m1/s1. The average Bonchev–Trinajstić information content (AvgIpc) is 3.01. The summed E-state index contributed by atoms with van der Waals surface area (Å²) in [6.07, 6.45) is 0. The quantitative estimate of drug-likeness (QED) is 0.854. The highest BCUT2D eigenvalue weighted by Crippen LogP contribution is 2.34. The van der Waals surface area contributed by atoms with E-state index < -0.39 is 10.0 Å². The van der Waals surface area contributed by atoms with E-state index >= 15 is 0 Å². The molecule has 2 aromatic rings. The fourth-order valence-electron chi connectivity index (χ4n) is 3.60. The molecule has 1 fully saturated rings. The van der Waals surface area contributed by atoms with Crippen molar-refractivity contribution in [2.24, 2.45) is 0 Å². The zero-order valence-corrected chi connectivity index (χ0v) is 16.3. The van der Waals surface area contributed by atoms with Crippen LogP contribution in [0.25, 0.3) is 0 Å². The van der Waals surface area contributed by atoms with Gasteiger partial charge in [-0.2, -0.15) is 4.31 Å². The van der Waals surface area contributed by atoms with Crippen molar-refractivity contribution in [3.05, 3.63) is 59.7 Å². The highest BCUT2D eigenvalue weighted by atomic mass is 32.2. The molecule has 2 amide bonds. The number of rotatable bonds is 3. The SMILES string of the molecule is C[C@H]1C(=O)Nc2ccc(S(=O)(=O)N3CCN(C(=O)c4ccccc4)CC3)cc21. The van der Waals surface area contributed by atoms with Gasteiger partial charge in [-0.25, -0.2) is 8.42 Å². The zero-order chi connectivity index (χ0) is 19.9. The molecule has 0 aromatic heterocycles. The number of amides is 2. The van der Waals surface area contributed by atoms with Crippen molar-refractivity contribution in [1.29, 1.82) is 0 Å². The molecule has 146 valence electrons. The Bertz CT molecular complexity index is 1030. The molecule has 4 rings (SSSR count). The molecule has 0 aliphatic carbocycles. The molecule has 0 saturated carbocycles. The van der Waals surface area contributed by atoms with Crippen molar-refractivity contribution in [2.75, 3.05) is 31.5 Å². The van der Waals surface area contributed by atoms with E-state index in [0.717, 1.165) is 0 Å². The molecule has 0 bridgehead atoms. The van der Waals surface area contributed by atoms with E-state index in [2.05, 4.69) is 5.32 Å². The minimum absolute atomic E-state index is 0.0893. The summed E-state index contributed by atoms with van der Waals surface area (Å²) in [7, 11) is -3.68. The lowest BCUT2D eigenvalue weighted by atomic mass is 10.0. The first-order chi connectivity index (χ1) is 13.4. The summed E-state index contributed by atoms with van der Waals surface area (Å²) in [4.78, 5) is 26.2. The first-order valence-corrected chi connectivity index (χ1v) is 10.6. The van der Waals surface area contributed by atoms with Crippen LogP contribution in [0.4, 0.5) is 5.69 Å². The summed E-state index contributed by atoms with van der Waals surface area (Å²) in [6, 6.07) is 13.7. The van der Waals surface area contributed by atoms with Crippen LogP contribution >= 0.6 is 0 Å². The number of piperazine rings is 1. The van der Waals surface area contributed by atoms with Gasteiger partial charge in [0.1, 0.15) is 0 Å². The monoisotopic (exact) mass is 399 g/mol. The number of hydrogen-bond donors (Lipinski definition) is 1. The second-order valence-electron chi connectivity index (χ2n) is 7.02. The molecule has 1 N–H and O–H groups in total. The zero-order valence-electron chi connectivity index (χ0n) is 15.5. The maximum Gasteiger partial charge on any atom is 0.253 e. The Hall–Kier alpha value is -2.71. The molecule has 1 atom stereocenters. The molecule has 2 aliphatic heterocycles. The molecule has 1 saturated heterocycles. The minimum atomic E-state index is -3.68. The summed E-state index contributed by atoms with van der Waals surface area (Å²) >= 11 is 0. The summed E-state index contributed by atoms with van der Waals surface area (Å²) in [6.45, 7) is 2.92. The first-order valence-electron chi connectivity index (χ1n) is 9.17. The van der Waals surface area contributed by atoms with E-state index in [1.54, 1.807) is 36.1 Å². The van der Waals surface area contributed by atoms with Gasteiger partial charge in [-0.3, -0.25) is 9.59 Å². The number of benzene rings is 2. The molecule has 0 spiro atoms. The summed E-state index contributed by atoms with van der Waals surface area (Å²) < 4.78 is 27.5. The van der Waals surface area contributed by atoms with Gasteiger partial charge in [0.2, 0.25) is 15.9 Å². The number of hydrogen-bond acceptors (Lipinski definition) is 4. The van der Waals surface area contributed by atoms with Crippen LogP contribution in [-0.2, 0) is 14.8 Å². The highest BCUT2D eigenvalue weighted by Gasteiger charge is 2.33. The van der Waals surface area contributed by atoms with E-state index in [9.17, 15) is 18.0 Å². The molecule has 2 aliphatic rings. The molecule has 0 radical (unpaired) electrons. The minimum Gasteiger partial charge on any atom is -0.336 e. The number of carbonyl (C=O) groups excluding carboxylic acids is 2. The van der Waals surface area contributed by atoms with E-state index in [4.69, 9.17) is 0 Å². The second-order valence-corrected chi connectivity index (χ2v) is 8.96. The Labute approximate surface area is 164 Å². The van der Waals surface area contributed by atoms with Crippen molar-refractivity contribution < 1.29 is 18.0 Å². The normalized spacial score (nSPS) is 20.0. The Balaban J connectivity index is 1.49. The topological polar surface area (TPSA) is 86.8 Å². The van der Waals surface area contributed by atoms with Crippen molar-refractivity contribution in [2.45, 2.75) is 17.7 Å². The molecule has 28 heavy (non-hydrogen) atoms. The van der Waals surface area contributed by atoms with Crippen molar-refractivity contribution >= 4 is 27.5 Å². The van der Waals surface area contributed by atoms with Crippen LogP contribution < -0.4 is 5.32 Å². The maximum atomic E-state index is 13.0. The number of anilines is 1. The molecule has 7 nitrogen and oxygen atoms in total. The average molecular weight is 399 g/mol. The van der Waals surface area contributed by atoms with E-state index in [1.807, 2.05) is 18.2 Å². The van der Waals surface area contributed by atoms with Crippen molar-refractivity contribution in [1.82, 2.24) is 9.21 Å². The van der Waals surface area contributed by atoms with Crippen molar-refractivity contribution in [3.63, 3.8) is 0 Å². The largest absolute Gasteiger partial charge is 0.336 e. The number of nitrogens with one attached hydrogen (secondary N) is 1. The van der Waals surface area contributed by atoms with Gasteiger partial charge in [-0.1, -0.05) is 18.2 Å². The Morgan fingerprint density at radius 3 is 2.39 bits per heavy atom. The van der Waals surface area contributed by atoms with Gasteiger partial charge in [0, 0.05) is 37.4 Å². The van der Waals surface area contributed by atoms with Crippen LogP contribution in [0.5, 0.6) is 0 Å². The molecule has 2 aromatic carbocycles. The van der Waals surface area contributed by atoms with Gasteiger partial charge >= 0.3 is 0 Å². The van der Waals surface area contributed by atoms with Gasteiger partial charge in [-0.15, -0.1) is 0 Å². The van der Waals surface area contributed by atoms with Crippen molar-refractivity contribution in [3.8, 4) is 0 Å². The lowest BCUT2D eigenvalue weighted by Gasteiger charge is -2.34. The molecular weight excluding hydrogens is 378 g/mol. The predicted molar refractivity (Wildman–Crippen MR) is 105 cm³/mol. The highest BCUT2D eigenvalue weighted by molar-refractivity contribution is 7.89. The Kier molecular flexibility index (Phi) is 4.68. The number of carbonyl (C=O) groups is 2. The van der Waals surface area contributed by atoms with Gasteiger partial charge in [0.25, 0.3) is 5.91 Å². The van der Waals surface area contributed by atoms with Crippen LogP contribution in [0, 0.1) is 0 Å². The van der Waals surface area contributed by atoms with E-state index in [-0.39, 0.29) is 35.7 Å². The second kappa shape index (κ2) is 7.03. The third kappa shape index (κ3) is 3.18. The van der Waals surface area contributed by atoms with Gasteiger partial charge in [0.15, 0.2) is 0 Å². The fraction of sp³-hybridized carbons (Fsp3) is 0.300. The third-order valence-corrected chi connectivity index (χ3v) is 7.22. The number of sulfonamides is 1. The molecule has 2 heterocycles. The Morgan fingerprint density at radius 1 is 1.04 bits per heavy atom. The first kappa shape index (κ1) is 18.6. The summed E-state index contributed by atoms with van der Waals surface area (Å²) in [5.41, 5.74) is 1.96. The van der Waals surface area contributed by atoms with Gasteiger partial charge < -0.3 is 10.2 Å². The van der Waals surface area contributed by atoms with Gasteiger partial charge in [-0.05, 0) is 42.8 Å². The molecule has 8 heteroatoms. The molecule has 0 unspecified atom stereocenters. The maximum absolute atomic E-state index is 13.0. The van der Waals surface area contributed by atoms with Crippen LogP contribution in [0.15, 0.2) is 53.4 Å². The lowest BCUT2D eigenvalue weighted by molar-refractivity contribution is -0.116. The van der Waals surface area contributed by atoms with Crippen LogP contribution in [-0.4, -0.2) is 55.6 Å². The smallest absolute Gasteiger partial charge is 0.253 e. The van der Waals surface area contributed by atoms with Gasteiger partial charge in [0.05, 0.1) is 10.8 Å². The molecular formula is C20H21N3O4S. The van der Waals surface area contributed by atoms with Crippen LogP contribution in [0.1, 0.15) is 28.8 Å². The van der Waals surface area contributed by atoms with Crippen LogP contribution in [0.3, 0.4) is 0 Å². The van der Waals surface area contributed by atoms with E-state index in [0.29, 0.717) is 29.9 Å². The van der Waals surface area contributed by atoms with E-state index in [1.165, 1.54) is 10.4 Å². The van der Waals surface area contributed by atoms with Crippen LogP contribution in [0.2, 0.25) is 0 Å². The summed E-state index contributed by atoms with van der Waals surface area (Å²) in [5.74, 6) is -0.586. The fourth-order valence-corrected chi connectivity index (χ4v) is 5.06. The lowest BCUT2D eigenvalue weighted by Crippen LogP contribution is -2.50.